The summed E-state index contributed by atoms with van der Waals surface area (Å²) in [5.74, 6) is 1.93. The number of aryl methyl sites for hydroxylation is 3. The number of hydrogen-bond acceptors (Lipinski definition) is 7. The van der Waals surface area contributed by atoms with Crippen LogP contribution >= 0.6 is 11.3 Å². The lowest BCUT2D eigenvalue weighted by atomic mass is 9.67. The highest BCUT2D eigenvalue weighted by Gasteiger charge is 2.62. The number of fused-ring (bicyclic) bond motifs is 3. The van der Waals surface area contributed by atoms with Gasteiger partial charge in [0.05, 0.1) is 6.20 Å². The minimum atomic E-state index is -4.34. The number of rotatable bonds is 4. The van der Waals surface area contributed by atoms with Gasteiger partial charge in [0.1, 0.15) is 33.6 Å². The lowest BCUT2D eigenvalue weighted by Gasteiger charge is -2.42. The van der Waals surface area contributed by atoms with Gasteiger partial charge in [0.2, 0.25) is 0 Å². The van der Waals surface area contributed by atoms with E-state index in [1.54, 1.807) is 33.0 Å². The molecule has 0 unspecified atom stereocenters. The van der Waals surface area contributed by atoms with Crippen molar-refractivity contribution in [1.29, 1.82) is 0 Å². The third-order valence-corrected chi connectivity index (χ3v) is 8.18. The highest BCUT2D eigenvalue weighted by atomic mass is 32.1. The van der Waals surface area contributed by atoms with Gasteiger partial charge in [-0.25, -0.2) is 9.97 Å². The highest BCUT2D eigenvalue weighted by Crippen LogP contribution is 2.54. The van der Waals surface area contributed by atoms with Gasteiger partial charge in [0.15, 0.2) is 5.82 Å². The van der Waals surface area contributed by atoms with Crippen LogP contribution < -0.4 is 5.32 Å². The van der Waals surface area contributed by atoms with E-state index >= 15 is 0 Å². The Labute approximate surface area is 203 Å². The summed E-state index contributed by atoms with van der Waals surface area (Å²) in [6, 6.07) is 3.79. The molecule has 35 heavy (non-hydrogen) atoms. The van der Waals surface area contributed by atoms with E-state index in [-0.39, 0.29) is 18.7 Å². The Morgan fingerprint density at radius 1 is 1.17 bits per heavy atom. The third-order valence-electron chi connectivity index (χ3n) is 7.03. The summed E-state index contributed by atoms with van der Waals surface area (Å²) in [6.45, 7) is 2.42. The molecule has 5 heterocycles. The van der Waals surface area contributed by atoms with Crippen molar-refractivity contribution >= 4 is 23.0 Å². The summed E-state index contributed by atoms with van der Waals surface area (Å²) in [4.78, 5) is 10.4. The van der Waals surface area contributed by atoms with Gasteiger partial charge < -0.3 is 9.88 Å². The van der Waals surface area contributed by atoms with Crippen LogP contribution in [-0.4, -0.2) is 40.7 Å². The predicted molar refractivity (Wildman–Crippen MR) is 125 cm³/mol. The normalized spacial score (nSPS) is 16.8. The molecular formula is C23H23F3N8S. The Balaban J connectivity index is 1.40. The fourth-order valence-corrected chi connectivity index (χ4v) is 6.05. The van der Waals surface area contributed by atoms with E-state index in [1.165, 1.54) is 0 Å². The second-order valence-corrected chi connectivity index (χ2v) is 10.3. The molecule has 0 amide bonds. The van der Waals surface area contributed by atoms with Crippen molar-refractivity contribution in [3.8, 4) is 22.1 Å². The molecule has 2 aliphatic rings. The quantitative estimate of drug-likeness (QED) is 0.416. The van der Waals surface area contributed by atoms with Gasteiger partial charge in [0, 0.05) is 36.3 Å². The van der Waals surface area contributed by atoms with Crippen LogP contribution in [0.1, 0.15) is 41.9 Å². The number of nitrogens with zero attached hydrogens (tertiary/aromatic N) is 7. The molecule has 0 saturated heterocycles. The van der Waals surface area contributed by atoms with Crippen molar-refractivity contribution in [1.82, 2.24) is 34.5 Å². The molecule has 1 fully saturated rings. The molecule has 1 saturated carbocycles. The van der Waals surface area contributed by atoms with Crippen LogP contribution in [0.5, 0.6) is 0 Å². The first kappa shape index (κ1) is 22.2. The number of hydrogen-bond donors (Lipinski definition) is 1. The molecule has 4 aromatic rings. The highest BCUT2D eigenvalue weighted by molar-refractivity contribution is 7.15. The fourth-order valence-electron chi connectivity index (χ4n) is 4.87. The number of halogens is 3. The lowest BCUT2D eigenvalue weighted by Crippen LogP contribution is -2.49. The molecule has 0 spiro atoms. The first-order chi connectivity index (χ1) is 16.8. The van der Waals surface area contributed by atoms with Gasteiger partial charge in [-0.15, -0.1) is 21.5 Å². The molecule has 0 atom stereocenters. The molecule has 1 aliphatic heterocycles. The van der Waals surface area contributed by atoms with E-state index in [9.17, 15) is 13.2 Å². The first-order valence-corrected chi connectivity index (χ1v) is 12.3. The van der Waals surface area contributed by atoms with Gasteiger partial charge in [-0.1, -0.05) is 6.42 Å². The number of anilines is 2. The number of alkyl halides is 3. The Hall–Kier alpha value is -3.28. The standard InChI is InChI=1S/C23H23F3N8S/c1-13-12-27-16(29-17-6-9-28-33(17)2)11-14(13)20-30-18-15(35-20)5-3-10-34-19(18)31-32-21(34)22(7-4-8-22)23(24,25)26/h6,9,11-12H,3-5,7-8,10H2,1-2H3,(H,27,29). The first-order valence-electron chi connectivity index (χ1n) is 11.5. The Morgan fingerprint density at radius 2 is 2.00 bits per heavy atom. The molecule has 4 aromatic heterocycles. The average molecular weight is 501 g/mol. The second-order valence-electron chi connectivity index (χ2n) is 9.18. The van der Waals surface area contributed by atoms with Crippen LogP contribution in [0, 0.1) is 6.92 Å². The van der Waals surface area contributed by atoms with Gasteiger partial charge in [-0.3, -0.25) is 4.68 Å². The summed E-state index contributed by atoms with van der Waals surface area (Å²) >= 11 is 1.55. The Morgan fingerprint density at radius 3 is 2.69 bits per heavy atom. The van der Waals surface area contributed by atoms with Crippen LogP contribution in [0.2, 0.25) is 0 Å². The molecule has 0 radical (unpaired) electrons. The van der Waals surface area contributed by atoms with Crippen molar-refractivity contribution in [3.05, 3.63) is 40.8 Å². The number of aromatic nitrogens is 7. The van der Waals surface area contributed by atoms with E-state index < -0.39 is 11.6 Å². The molecule has 6 rings (SSSR count). The Kier molecular flexibility index (Phi) is 4.99. The molecule has 0 bridgehead atoms. The van der Waals surface area contributed by atoms with Crippen LogP contribution in [0.15, 0.2) is 24.5 Å². The monoisotopic (exact) mass is 500 g/mol. The molecule has 12 heteroatoms. The SMILES string of the molecule is Cc1cnc(Nc2ccnn2C)cc1-c1nc2c(s1)CCCn1c-2nnc1C1(C(F)(F)F)CCC1. The fraction of sp³-hybridized carbons (Fsp3) is 0.435. The van der Waals surface area contributed by atoms with E-state index in [0.717, 1.165) is 33.3 Å². The van der Waals surface area contributed by atoms with E-state index in [1.807, 2.05) is 26.1 Å². The molecule has 0 aromatic carbocycles. The zero-order valence-electron chi connectivity index (χ0n) is 19.2. The van der Waals surface area contributed by atoms with Crippen LogP contribution in [-0.2, 0) is 25.4 Å². The van der Waals surface area contributed by atoms with Crippen molar-refractivity contribution in [2.75, 3.05) is 5.32 Å². The Bertz CT molecular complexity index is 1410. The maximum absolute atomic E-state index is 14.0. The minimum absolute atomic E-state index is 0.0383. The molecule has 182 valence electrons. The van der Waals surface area contributed by atoms with Gasteiger partial charge in [-0.05, 0) is 44.2 Å². The van der Waals surface area contributed by atoms with Gasteiger partial charge in [0.25, 0.3) is 0 Å². The van der Waals surface area contributed by atoms with Crippen LogP contribution in [0.4, 0.5) is 24.8 Å². The third kappa shape index (κ3) is 3.45. The molecular weight excluding hydrogens is 477 g/mol. The van der Waals surface area contributed by atoms with Crippen molar-refractivity contribution in [3.63, 3.8) is 0 Å². The van der Waals surface area contributed by atoms with Gasteiger partial charge >= 0.3 is 6.18 Å². The molecule has 1 N–H and O–H groups in total. The van der Waals surface area contributed by atoms with E-state index in [2.05, 4.69) is 25.6 Å². The maximum Gasteiger partial charge on any atom is 0.401 e. The summed E-state index contributed by atoms with van der Waals surface area (Å²) in [5.41, 5.74) is 0.613. The number of pyridine rings is 1. The topological polar surface area (TPSA) is 86.3 Å². The summed E-state index contributed by atoms with van der Waals surface area (Å²) in [5, 5.41) is 16.5. The summed E-state index contributed by atoms with van der Waals surface area (Å²) in [6.07, 6.45) is 1.26. The van der Waals surface area contributed by atoms with Crippen molar-refractivity contribution < 1.29 is 13.2 Å². The lowest BCUT2D eigenvalue weighted by molar-refractivity contribution is -0.216. The van der Waals surface area contributed by atoms with Crippen LogP contribution in [0.25, 0.3) is 22.1 Å². The maximum atomic E-state index is 14.0. The molecule has 1 aliphatic carbocycles. The summed E-state index contributed by atoms with van der Waals surface area (Å²) in [7, 11) is 1.84. The predicted octanol–water partition coefficient (Wildman–Crippen LogP) is 5.18. The van der Waals surface area contributed by atoms with Crippen molar-refractivity contribution in [2.24, 2.45) is 7.05 Å². The average Bonchev–Trinajstić information content (AvgIpc) is 3.45. The zero-order valence-corrected chi connectivity index (χ0v) is 20.0. The van der Waals surface area contributed by atoms with E-state index in [4.69, 9.17) is 4.98 Å². The molecule has 8 nitrogen and oxygen atoms in total. The largest absolute Gasteiger partial charge is 0.401 e. The van der Waals surface area contributed by atoms with Crippen molar-refractivity contribution in [2.45, 2.75) is 57.2 Å². The number of thiazole rings is 1. The number of nitrogens with one attached hydrogen (secondary N) is 1. The van der Waals surface area contributed by atoms with E-state index in [0.29, 0.717) is 36.7 Å². The minimum Gasteiger partial charge on any atom is -0.325 e. The smallest absolute Gasteiger partial charge is 0.325 e. The van der Waals surface area contributed by atoms with Gasteiger partial charge in [-0.2, -0.15) is 18.3 Å². The summed E-state index contributed by atoms with van der Waals surface area (Å²) < 4.78 is 45.5. The zero-order chi connectivity index (χ0) is 24.4. The van der Waals surface area contributed by atoms with Crippen LogP contribution in [0.3, 0.4) is 0 Å². The second kappa shape index (κ2) is 7.87.